The molecule has 0 aliphatic heterocycles. The molecule has 3 aromatic rings. The van der Waals surface area contributed by atoms with Crippen LogP contribution in [0.15, 0.2) is 65.6 Å². The highest BCUT2D eigenvalue weighted by molar-refractivity contribution is 7.92. The second-order valence-electron chi connectivity index (χ2n) is 11.2. The van der Waals surface area contributed by atoms with Gasteiger partial charge in [0.15, 0.2) is 11.5 Å². The molecule has 0 saturated carbocycles. The zero-order chi connectivity index (χ0) is 33.5. The van der Waals surface area contributed by atoms with Crippen molar-refractivity contribution in [3.8, 4) is 17.2 Å². The molecule has 0 heterocycles. The van der Waals surface area contributed by atoms with E-state index < -0.39 is 45.8 Å². The van der Waals surface area contributed by atoms with Crippen LogP contribution in [-0.4, -0.2) is 64.6 Å². The van der Waals surface area contributed by atoms with Gasteiger partial charge in [0, 0.05) is 23.2 Å². The van der Waals surface area contributed by atoms with Crippen molar-refractivity contribution in [1.29, 1.82) is 0 Å². The Morgan fingerprint density at radius 2 is 1.51 bits per heavy atom. The van der Waals surface area contributed by atoms with Gasteiger partial charge in [0.1, 0.15) is 24.2 Å². The van der Waals surface area contributed by atoms with Crippen LogP contribution >= 0.6 is 11.6 Å². The molecule has 1 atom stereocenters. The third-order valence-electron chi connectivity index (χ3n) is 6.78. The van der Waals surface area contributed by atoms with Gasteiger partial charge in [0.05, 0.1) is 31.9 Å². The first-order chi connectivity index (χ1) is 21.1. The maximum atomic E-state index is 14.3. The van der Waals surface area contributed by atoms with E-state index in [2.05, 4.69) is 5.32 Å². The Labute approximate surface area is 269 Å². The molecular formula is C32H39ClFN3O7S. The molecule has 45 heavy (non-hydrogen) atoms. The number of hydrogen-bond acceptors (Lipinski definition) is 7. The topological polar surface area (TPSA) is 114 Å². The fraction of sp³-hybridized carbons (Fsp3) is 0.375. The van der Waals surface area contributed by atoms with Crippen LogP contribution in [-0.2, 0) is 26.2 Å². The maximum Gasteiger partial charge on any atom is 0.265 e. The summed E-state index contributed by atoms with van der Waals surface area (Å²) in [4.78, 5) is 28.9. The Balaban J connectivity index is 2.18. The van der Waals surface area contributed by atoms with Gasteiger partial charge < -0.3 is 24.4 Å². The molecule has 3 rings (SSSR count). The van der Waals surface area contributed by atoms with Gasteiger partial charge in [0.25, 0.3) is 10.0 Å². The van der Waals surface area contributed by atoms with Crippen LogP contribution in [0, 0.1) is 5.82 Å². The van der Waals surface area contributed by atoms with Gasteiger partial charge >= 0.3 is 0 Å². The minimum absolute atomic E-state index is 0.00191. The molecule has 0 spiro atoms. The van der Waals surface area contributed by atoms with Gasteiger partial charge in [0.2, 0.25) is 11.8 Å². The number of rotatable bonds is 13. The van der Waals surface area contributed by atoms with Crippen LogP contribution in [0.5, 0.6) is 17.2 Å². The van der Waals surface area contributed by atoms with E-state index in [4.69, 9.17) is 25.8 Å². The summed E-state index contributed by atoms with van der Waals surface area (Å²) in [5.74, 6) is -0.976. The number of nitrogens with zero attached hydrogens (tertiary/aromatic N) is 2. The van der Waals surface area contributed by atoms with Gasteiger partial charge in [-0.1, -0.05) is 30.7 Å². The highest BCUT2D eigenvalue weighted by Gasteiger charge is 2.36. The van der Waals surface area contributed by atoms with Gasteiger partial charge in [-0.3, -0.25) is 13.9 Å². The van der Waals surface area contributed by atoms with Crippen molar-refractivity contribution in [2.45, 2.75) is 57.1 Å². The predicted molar refractivity (Wildman–Crippen MR) is 171 cm³/mol. The molecule has 0 saturated heterocycles. The summed E-state index contributed by atoms with van der Waals surface area (Å²) >= 11 is 6.30. The van der Waals surface area contributed by atoms with E-state index >= 15 is 0 Å². The SMILES string of the molecule is CC[C@H](C(=O)NC(C)(C)C)N(Cc1ccc(F)cc1)C(=O)CN(c1cc(Cl)ccc1OC)S(=O)(=O)c1ccc(OC)c(OC)c1. The van der Waals surface area contributed by atoms with Gasteiger partial charge in [-0.25, -0.2) is 12.8 Å². The molecule has 0 radical (unpaired) electrons. The van der Waals surface area contributed by atoms with Crippen molar-refractivity contribution < 1.29 is 36.6 Å². The Morgan fingerprint density at radius 3 is 2.07 bits per heavy atom. The number of benzene rings is 3. The third kappa shape index (κ3) is 8.79. The molecule has 244 valence electrons. The highest BCUT2D eigenvalue weighted by atomic mass is 35.5. The first-order valence-electron chi connectivity index (χ1n) is 14.1. The van der Waals surface area contributed by atoms with Crippen molar-refractivity contribution in [3.63, 3.8) is 0 Å². The number of methoxy groups -OCH3 is 3. The van der Waals surface area contributed by atoms with Crippen molar-refractivity contribution in [1.82, 2.24) is 10.2 Å². The summed E-state index contributed by atoms with van der Waals surface area (Å²) in [6.07, 6.45) is 0.220. The monoisotopic (exact) mass is 663 g/mol. The van der Waals surface area contributed by atoms with E-state index in [9.17, 15) is 22.4 Å². The van der Waals surface area contributed by atoms with E-state index in [-0.39, 0.29) is 40.1 Å². The van der Waals surface area contributed by atoms with Crippen LogP contribution in [0.25, 0.3) is 0 Å². The van der Waals surface area contributed by atoms with Crippen molar-refractivity contribution >= 4 is 39.1 Å². The Kier molecular flexibility index (Phi) is 11.7. The summed E-state index contributed by atoms with van der Waals surface area (Å²) in [5.41, 5.74) is -0.0602. The minimum atomic E-state index is -4.49. The number of amides is 2. The molecule has 0 bridgehead atoms. The van der Waals surface area contributed by atoms with Gasteiger partial charge in [-0.05, 0) is 75.2 Å². The number of ether oxygens (including phenoxy) is 3. The molecular weight excluding hydrogens is 625 g/mol. The Morgan fingerprint density at radius 1 is 0.911 bits per heavy atom. The maximum absolute atomic E-state index is 14.3. The summed E-state index contributed by atoms with van der Waals surface area (Å²) in [7, 11) is -0.335. The molecule has 0 fully saturated rings. The zero-order valence-corrected chi connectivity index (χ0v) is 28.0. The first-order valence-corrected chi connectivity index (χ1v) is 15.9. The summed E-state index contributed by atoms with van der Waals surface area (Å²) in [6.45, 7) is 6.36. The molecule has 0 aromatic heterocycles. The number of hydrogen-bond donors (Lipinski definition) is 1. The zero-order valence-electron chi connectivity index (χ0n) is 26.4. The molecule has 0 aliphatic rings. The average Bonchev–Trinajstić information content (AvgIpc) is 2.99. The standard InChI is InChI=1S/C32H39ClFN3O7S/c1-8-25(31(39)35-32(2,3)4)36(19-21-9-12-23(34)13-10-21)30(38)20-37(26-17-22(33)11-15-27(26)42-5)45(40,41)24-14-16-28(43-6)29(18-24)44-7/h9-18,25H,8,19-20H2,1-7H3,(H,35,39)/t25-/m1/s1. The molecule has 3 aromatic carbocycles. The van der Waals surface area contributed by atoms with Crippen LogP contribution in [0.4, 0.5) is 10.1 Å². The number of halogens is 2. The average molecular weight is 664 g/mol. The predicted octanol–water partition coefficient (Wildman–Crippen LogP) is 5.42. The van der Waals surface area contributed by atoms with Crippen LogP contribution < -0.4 is 23.8 Å². The highest BCUT2D eigenvalue weighted by Crippen LogP contribution is 2.37. The molecule has 1 N–H and O–H groups in total. The van der Waals surface area contributed by atoms with E-state index in [0.29, 0.717) is 11.3 Å². The van der Waals surface area contributed by atoms with Crippen molar-refractivity contribution in [3.05, 3.63) is 77.1 Å². The molecule has 0 unspecified atom stereocenters. The fourth-order valence-corrected chi connectivity index (χ4v) is 6.23. The number of sulfonamides is 1. The minimum Gasteiger partial charge on any atom is -0.495 e. The Bertz CT molecular complexity index is 1610. The summed E-state index contributed by atoms with van der Waals surface area (Å²) in [6, 6.07) is 13.0. The molecule has 2 amide bonds. The van der Waals surface area contributed by atoms with Gasteiger partial charge in [-0.2, -0.15) is 0 Å². The number of carbonyl (C=O) groups excluding carboxylic acids is 2. The summed E-state index contributed by atoms with van der Waals surface area (Å²) in [5, 5.41) is 3.10. The fourth-order valence-electron chi connectivity index (χ4n) is 4.63. The normalized spacial score (nSPS) is 12.2. The second kappa shape index (κ2) is 14.8. The number of nitrogens with one attached hydrogen (secondary N) is 1. The molecule has 10 nitrogen and oxygen atoms in total. The number of carbonyl (C=O) groups is 2. The smallest absolute Gasteiger partial charge is 0.265 e. The van der Waals surface area contributed by atoms with Crippen LogP contribution in [0.3, 0.4) is 0 Å². The summed E-state index contributed by atoms with van der Waals surface area (Å²) < 4.78 is 59.3. The largest absolute Gasteiger partial charge is 0.495 e. The lowest BCUT2D eigenvalue weighted by molar-refractivity contribution is -0.141. The van der Waals surface area contributed by atoms with E-state index in [1.807, 2.05) is 20.8 Å². The van der Waals surface area contributed by atoms with Crippen molar-refractivity contribution in [2.75, 3.05) is 32.2 Å². The van der Waals surface area contributed by atoms with Crippen LogP contribution in [0.2, 0.25) is 5.02 Å². The van der Waals surface area contributed by atoms with E-state index in [1.165, 1.54) is 86.9 Å². The van der Waals surface area contributed by atoms with Crippen molar-refractivity contribution in [2.24, 2.45) is 0 Å². The molecule has 13 heteroatoms. The lowest BCUT2D eigenvalue weighted by Gasteiger charge is -2.35. The van der Waals surface area contributed by atoms with E-state index in [0.717, 1.165) is 4.31 Å². The first kappa shape index (κ1) is 35.4. The number of anilines is 1. The second-order valence-corrected chi connectivity index (χ2v) is 13.5. The lowest BCUT2D eigenvalue weighted by Crippen LogP contribution is -2.55. The van der Waals surface area contributed by atoms with Gasteiger partial charge in [-0.15, -0.1) is 0 Å². The third-order valence-corrected chi connectivity index (χ3v) is 8.77. The quantitative estimate of drug-likeness (QED) is 0.260. The molecule has 0 aliphatic carbocycles. The van der Waals surface area contributed by atoms with Crippen LogP contribution in [0.1, 0.15) is 39.7 Å². The lowest BCUT2D eigenvalue weighted by atomic mass is 10.1. The Hall–Kier alpha value is -4.03. The van der Waals surface area contributed by atoms with E-state index in [1.54, 1.807) is 6.92 Å².